The molecule has 8 nitrogen and oxygen atoms in total. The lowest BCUT2D eigenvalue weighted by atomic mass is 9.81. The molecule has 1 fully saturated rings. The highest BCUT2D eigenvalue weighted by molar-refractivity contribution is 6.01. The third kappa shape index (κ3) is 5.97. The number of aromatic nitrogens is 2. The Labute approximate surface area is 198 Å². The summed E-state index contributed by atoms with van der Waals surface area (Å²) in [6.45, 7) is 1.95. The van der Waals surface area contributed by atoms with Gasteiger partial charge in [0, 0.05) is 19.0 Å². The van der Waals surface area contributed by atoms with Crippen molar-refractivity contribution in [3.8, 4) is 5.75 Å². The van der Waals surface area contributed by atoms with Crippen molar-refractivity contribution in [3.63, 3.8) is 0 Å². The van der Waals surface area contributed by atoms with Gasteiger partial charge in [0.15, 0.2) is 11.6 Å². The number of ether oxygens (including phenoxy) is 1. The highest BCUT2D eigenvalue weighted by Crippen LogP contribution is 2.32. The van der Waals surface area contributed by atoms with Gasteiger partial charge in [0.05, 0.1) is 12.8 Å². The number of carbonyl (C=O) groups excluding carboxylic acids is 1. The molecule has 3 N–H and O–H groups in total. The molecular weight excluding hydrogens is 449 g/mol. The lowest BCUT2D eigenvalue weighted by Crippen LogP contribution is -2.32. The van der Waals surface area contributed by atoms with Crippen molar-refractivity contribution in [1.29, 1.82) is 0 Å². The van der Waals surface area contributed by atoms with Gasteiger partial charge in [0.25, 0.3) is 5.91 Å². The Bertz CT molecular complexity index is 1030. The van der Waals surface area contributed by atoms with E-state index in [1.54, 1.807) is 25.1 Å². The summed E-state index contributed by atoms with van der Waals surface area (Å²) < 4.78 is 18.6. The fraction of sp³-hybridized carbons (Fsp3) is 0.478. The van der Waals surface area contributed by atoms with Gasteiger partial charge in [-0.2, -0.15) is 0 Å². The number of aryl methyl sites for hydroxylation is 1. The minimum Gasteiger partial charge on any atom is -0.494 e. The van der Waals surface area contributed by atoms with Gasteiger partial charge < -0.3 is 20.6 Å². The van der Waals surface area contributed by atoms with Gasteiger partial charge in [-0.05, 0) is 62.3 Å². The predicted molar refractivity (Wildman–Crippen MR) is 124 cm³/mol. The highest BCUT2D eigenvalue weighted by Gasteiger charge is 2.33. The Hall–Kier alpha value is -2.78. The largest absolute Gasteiger partial charge is 0.494 e. The Morgan fingerprint density at radius 2 is 2.00 bits per heavy atom. The van der Waals surface area contributed by atoms with Gasteiger partial charge in [-0.3, -0.25) is 4.79 Å². The summed E-state index contributed by atoms with van der Waals surface area (Å²) in [5.41, 5.74) is 8.30. The SMILES string of the molecule is COc1cc(CNC(=O)c2cc(C3=NOC([C@H]4CC[C@H](N)CC4)C3)nc(C)n2)ccc1F.Cl. The molecule has 1 atom stereocenters. The van der Waals surface area contributed by atoms with Crippen molar-refractivity contribution < 1.29 is 18.8 Å². The van der Waals surface area contributed by atoms with E-state index in [0.29, 0.717) is 29.4 Å². The molecule has 10 heteroatoms. The number of halogens is 2. The van der Waals surface area contributed by atoms with E-state index in [-0.39, 0.29) is 48.4 Å². The molecule has 1 aromatic heterocycles. The molecule has 0 radical (unpaired) electrons. The summed E-state index contributed by atoms with van der Waals surface area (Å²) in [7, 11) is 1.40. The van der Waals surface area contributed by atoms with Crippen LogP contribution in [0.15, 0.2) is 29.4 Å². The predicted octanol–water partition coefficient (Wildman–Crippen LogP) is 3.30. The van der Waals surface area contributed by atoms with E-state index in [1.807, 2.05) is 0 Å². The van der Waals surface area contributed by atoms with Crippen molar-refractivity contribution in [1.82, 2.24) is 15.3 Å². The lowest BCUT2D eigenvalue weighted by Gasteiger charge is -2.28. The minimum absolute atomic E-state index is 0. The van der Waals surface area contributed by atoms with Crippen molar-refractivity contribution in [2.45, 2.75) is 57.7 Å². The molecule has 1 aliphatic carbocycles. The summed E-state index contributed by atoms with van der Waals surface area (Å²) in [5, 5.41) is 7.06. The van der Waals surface area contributed by atoms with Crippen molar-refractivity contribution in [2.24, 2.45) is 16.8 Å². The summed E-state index contributed by atoms with van der Waals surface area (Å²) in [6.07, 6.45) is 4.79. The number of nitrogens with zero attached hydrogens (tertiary/aromatic N) is 3. The van der Waals surface area contributed by atoms with E-state index < -0.39 is 5.82 Å². The van der Waals surface area contributed by atoms with E-state index in [4.69, 9.17) is 15.3 Å². The molecule has 1 amide bonds. The molecule has 2 aromatic rings. The fourth-order valence-electron chi connectivity index (χ4n) is 4.24. The average molecular weight is 478 g/mol. The van der Waals surface area contributed by atoms with Gasteiger partial charge in [0.2, 0.25) is 0 Å². The number of nitrogens with one attached hydrogen (secondary N) is 1. The number of carbonyl (C=O) groups is 1. The number of rotatable bonds is 6. The number of nitrogens with two attached hydrogens (primary N) is 1. The first-order valence-corrected chi connectivity index (χ1v) is 10.9. The van der Waals surface area contributed by atoms with Crippen LogP contribution in [0.4, 0.5) is 4.39 Å². The highest BCUT2D eigenvalue weighted by atomic mass is 35.5. The molecule has 1 saturated carbocycles. The monoisotopic (exact) mass is 477 g/mol. The van der Waals surface area contributed by atoms with Crippen LogP contribution in [0, 0.1) is 18.7 Å². The van der Waals surface area contributed by atoms with Crippen LogP contribution >= 0.6 is 12.4 Å². The lowest BCUT2D eigenvalue weighted by molar-refractivity contribution is 0.0249. The van der Waals surface area contributed by atoms with Crippen LogP contribution in [0.1, 0.15) is 59.7 Å². The second-order valence-corrected chi connectivity index (χ2v) is 8.40. The first-order valence-electron chi connectivity index (χ1n) is 10.9. The minimum atomic E-state index is -0.451. The van der Waals surface area contributed by atoms with Gasteiger partial charge in [0.1, 0.15) is 23.3 Å². The number of hydrogen-bond donors (Lipinski definition) is 2. The first kappa shape index (κ1) is 24.9. The average Bonchev–Trinajstić information content (AvgIpc) is 3.29. The Kier molecular flexibility index (Phi) is 8.20. The van der Waals surface area contributed by atoms with E-state index >= 15 is 0 Å². The molecule has 2 heterocycles. The van der Waals surface area contributed by atoms with E-state index in [1.165, 1.54) is 13.2 Å². The Balaban J connectivity index is 0.00000306. The Morgan fingerprint density at radius 1 is 1.24 bits per heavy atom. The van der Waals surface area contributed by atoms with Crippen molar-refractivity contribution in [3.05, 3.63) is 52.9 Å². The summed E-state index contributed by atoms with van der Waals surface area (Å²) in [4.78, 5) is 27.2. The third-order valence-corrected chi connectivity index (χ3v) is 6.07. The number of oxime groups is 1. The fourth-order valence-corrected chi connectivity index (χ4v) is 4.24. The Morgan fingerprint density at radius 3 is 2.73 bits per heavy atom. The van der Waals surface area contributed by atoms with Crippen molar-refractivity contribution >= 4 is 24.0 Å². The van der Waals surface area contributed by atoms with Gasteiger partial charge in [-0.15, -0.1) is 12.4 Å². The summed E-state index contributed by atoms with van der Waals surface area (Å²) >= 11 is 0. The van der Waals surface area contributed by atoms with E-state index in [2.05, 4.69) is 20.4 Å². The smallest absolute Gasteiger partial charge is 0.270 e. The van der Waals surface area contributed by atoms with E-state index in [0.717, 1.165) is 31.4 Å². The normalized spacial score (nSPS) is 22.1. The maximum Gasteiger partial charge on any atom is 0.270 e. The second-order valence-electron chi connectivity index (χ2n) is 8.40. The van der Waals surface area contributed by atoms with Crippen LogP contribution in [0.2, 0.25) is 0 Å². The number of hydrogen-bond acceptors (Lipinski definition) is 7. The van der Waals surface area contributed by atoms with Crippen LogP contribution in [0.3, 0.4) is 0 Å². The van der Waals surface area contributed by atoms with Crippen LogP contribution in [-0.2, 0) is 11.4 Å². The summed E-state index contributed by atoms with van der Waals surface area (Å²) in [6, 6.07) is 6.37. The molecule has 1 aromatic carbocycles. The molecule has 4 rings (SSSR count). The zero-order valence-corrected chi connectivity index (χ0v) is 19.5. The third-order valence-electron chi connectivity index (χ3n) is 6.07. The van der Waals surface area contributed by atoms with Gasteiger partial charge >= 0.3 is 0 Å². The summed E-state index contributed by atoms with van der Waals surface area (Å²) in [5.74, 6) is 0.246. The molecule has 0 spiro atoms. The molecule has 178 valence electrons. The number of amides is 1. The molecule has 0 saturated heterocycles. The van der Waals surface area contributed by atoms with Gasteiger partial charge in [-0.1, -0.05) is 11.2 Å². The van der Waals surface area contributed by atoms with E-state index in [9.17, 15) is 9.18 Å². The molecule has 0 bridgehead atoms. The maximum absolute atomic E-state index is 13.6. The van der Waals surface area contributed by atoms with Crippen LogP contribution in [0.5, 0.6) is 5.75 Å². The van der Waals surface area contributed by atoms with Crippen LogP contribution < -0.4 is 15.8 Å². The van der Waals surface area contributed by atoms with Crippen LogP contribution in [-0.4, -0.2) is 40.8 Å². The number of methoxy groups -OCH3 is 1. The molecule has 2 aliphatic rings. The maximum atomic E-state index is 13.6. The van der Waals surface area contributed by atoms with Gasteiger partial charge in [-0.25, -0.2) is 14.4 Å². The molecule has 1 unspecified atom stereocenters. The molecule has 33 heavy (non-hydrogen) atoms. The molecule has 1 aliphatic heterocycles. The topological polar surface area (TPSA) is 112 Å². The molecular formula is C23H29ClFN5O3. The quantitative estimate of drug-likeness (QED) is 0.660. The van der Waals surface area contributed by atoms with Crippen molar-refractivity contribution in [2.75, 3.05) is 7.11 Å². The second kappa shape index (κ2) is 10.9. The van der Waals surface area contributed by atoms with Crippen LogP contribution in [0.25, 0.3) is 0 Å². The number of benzene rings is 1. The first-order chi connectivity index (χ1) is 15.4. The standard InChI is InChI=1S/C23H28FN5O3.ClH/c1-13-27-18(19-11-21(32-29-19)15-4-6-16(25)7-5-15)10-20(28-13)23(30)26-12-14-3-8-17(24)22(9-14)31-2;/h3,8-10,15-16,21H,4-7,11-12,25H2,1-2H3,(H,26,30);1H/t15-,16-,21?;. The zero-order valence-electron chi connectivity index (χ0n) is 18.7. The zero-order chi connectivity index (χ0) is 22.7.